The number of para-hydroxylation sites is 1. The smallest absolute Gasteiger partial charge is 0.243 e. The number of carbonyl (C=O) groups excluding carboxylic acids is 9. The first-order valence-corrected chi connectivity index (χ1v) is 38.6. The van der Waals surface area contributed by atoms with Crippen LogP contribution < -0.4 is 49.1 Å². The van der Waals surface area contributed by atoms with E-state index in [2.05, 4.69) is 78.1 Å². The topological polar surface area (TPSA) is 355 Å². The van der Waals surface area contributed by atoms with E-state index < -0.39 is 108 Å². The van der Waals surface area contributed by atoms with Gasteiger partial charge in [0.2, 0.25) is 35.4 Å². The van der Waals surface area contributed by atoms with E-state index >= 15 is 24.0 Å². The van der Waals surface area contributed by atoms with Gasteiger partial charge in [0, 0.05) is 92.5 Å². The summed E-state index contributed by atoms with van der Waals surface area (Å²) >= 11 is 1.51. The maximum atomic E-state index is 15.4. The fourth-order valence-corrected chi connectivity index (χ4v) is 16.6. The zero-order valence-electron chi connectivity index (χ0n) is 60.7. The minimum atomic E-state index is -1.57. The molecule has 106 heavy (non-hydrogen) atoms. The van der Waals surface area contributed by atoms with Crippen molar-refractivity contribution in [3.63, 3.8) is 0 Å². The Balaban J connectivity index is 0.968. The molecule has 0 radical (unpaired) electrons. The van der Waals surface area contributed by atoms with Crippen LogP contribution in [0.15, 0.2) is 145 Å². The fourth-order valence-electron chi connectivity index (χ4n) is 15.6. The number of hydrogen-bond donors (Lipinski definition) is 11. The van der Waals surface area contributed by atoms with Gasteiger partial charge in [0.05, 0.1) is 17.9 Å². The normalized spacial score (nSPS) is 24.5. The van der Waals surface area contributed by atoms with Gasteiger partial charge < -0.3 is 64.1 Å². The van der Waals surface area contributed by atoms with E-state index in [0.717, 1.165) is 36.7 Å². The van der Waals surface area contributed by atoms with Crippen LogP contribution in [0.1, 0.15) is 142 Å². The lowest BCUT2D eigenvalue weighted by Gasteiger charge is -2.46. The molecule has 0 saturated carbocycles. The van der Waals surface area contributed by atoms with Crippen molar-refractivity contribution in [2.24, 2.45) is 39.9 Å². The number of amides is 6. The lowest BCUT2D eigenvalue weighted by molar-refractivity contribution is -0.136. The van der Waals surface area contributed by atoms with E-state index in [4.69, 9.17) is 17.2 Å². The van der Waals surface area contributed by atoms with Crippen molar-refractivity contribution in [3.05, 3.63) is 184 Å². The Morgan fingerprint density at radius 2 is 1.29 bits per heavy atom. The number of ketones is 3. The first-order chi connectivity index (χ1) is 51.2. The number of aromatic amines is 1. The second-order valence-corrected chi connectivity index (χ2v) is 30.2. The Kier molecular flexibility index (Phi) is 29.0. The molecule has 3 heterocycles. The number of carbonyl (C=O) groups is 9. The van der Waals surface area contributed by atoms with Crippen LogP contribution in [0.25, 0.3) is 16.5 Å². The molecular formula is C82H103FN12O10S. The number of thioether (sulfide) groups is 1. The Labute approximate surface area is 624 Å². The van der Waals surface area contributed by atoms with E-state index in [-0.39, 0.29) is 101 Å². The van der Waals surface area contributed by atoms with Gasteiger partial charge in [-0.3, -0.25) is 48.1 Å². The molecule has 14 N–H and O–H groups in total. The summed E-state index contributed by atoms with van der Waals surface area (Å²) in [5.41, 5.74) is 26.3. The average Bonchev–Trinajstić information content (AvgIpc) is 1.50. The first-order valence-electron chi connectivity index (χ1n) is 37.5. The first kappa shape index (κ1) is 79.2. The summed E-state index contributed by atoms with van der Waals surface area (Å²) in [6.07, 6.45) is 6.71. The van der Waals surface area contributed by atoms with Crippen LogP contribution in [-0.4, -0.2) is 160 Å². The molecule has 2 aliphatic carbocycles. The van der Waals surface area contributed by atoms with Crippen molar-refractivity contribution in [3.8, 4) is 0 Å². The third-order valence-corrected chi connectivity index (χ3v) is 22.4. The molecule has 6 aromatic rings. The molecular weight excluding hydrogens is 1360 g/mol. The number of aliphatic imine (C=N–C) groups is 1. The summed E-state index contributed by atoms with van der Waals surface area (Å²) in [7, 11) is 2.19. The molecule has 564 valence electrons. The van der Waals surface area contributed by atoms with Gasteiger partial charge in [-0.25, -0.2) is 4.39 Å². The molecule has 2 fully saturated rings. The van der Waals surface area contributed by atoms with Crippen molar-refractivity contribution < 1.29 is 52.6 Å². The van der Waals surface area contributed by atoms with E-state index in [1.807, 2.05) is 24.3 Å². The SMILES string of the molecule is C[C@@H](O)[C@@H]1NC(=O)[C@H](CCCCN)NC(=O)[C@@H](Cc2c[nH]c3ccccc23)NC(=O)[C@H](Cc2ccccc2)NC(=O)[C@H](Cc2ccccc2)NC(=O)[C@H](CCCN=C(N)N)CC(=O)[C@H](NC(=O)CSC[C@@H]2C[C@@H]3c4cccc5c4C(=CC5)C[C@H]3N(C)C2)CCCCCC(=O)[C@H](Cc2ccc(F)cc2)CC1=O. The number of aliphatic hydroxyl groups is 1. The van der Waals surface area contributed by atoms with Crippen LogP contribution in [0, 0.1) is 23.6 Å². The van der Waals surface area contributed by atoms with Crippen LogP contribution in [0.3, 0.4) is 0 Å². The predicted molar refractivity (Wildman–Crippen MR) is 410 cm³/mol. The van der Waals surface area contributed by atoms with Crippen LogP contribution in [0.2, 0.25) is 0 Å². The Morgan fingerprint density at radius 3 is 1.97 bits per heavy atom. The van der Waals surface area contributed by atoms with Crippen LogP contribution in [0.5, 0.6) is 0 Å². The lowest BCUT2D eigenvalue weighted by Crippen LogP contribution is -2.60. The molecule has 2 saturated heterocycles. The van der Waals surface area contributed by atoms with Crippen LogP contribution >= 0.6 is 11.8 Å². The Hall–Kier alpha value is -9.36. The van der Waals surface area contributed by atoms with Crippen molar-refractivity contribution in [2.45, 2.75) is 183 Å². The van der Waals surface area contributed by atoms with Crippen molar-refractivity contribution in [1.82, 2.24) is 41.8 Å². The minimum absolute atomic E-state index is 0.0165. The zero-order chi connectivity index (χ0) is 75.2. The summed E-state index contributed by atoms with van der Waals surface area (Å²) in [4.78, 5) is 145. The third kappa shape index (κ3) is 22.1. The number of guanidine groups is 1. The van der Waals surface area contributed by atoms with Crippen LogP contribution in [-0.2, 0) is 75.3 Å². The van der Waals surface area contributed by atoms with Crippen LogP contribution in [0.4, 0.5) is 4.39 Å². The molecule has 24 heteroatoms. The number of likely N-dealkylation sites (N-methyl/N-ethyl adjacent to an activating group) is 1. The molecule has 6 amide bonds. The maximum absolute atomic E-state index is 15.4. The summed E-state index contributed by atoms with van der Waals surface area (Å²) in [6, 6.07) is 29.6. The van der Waals surface area contributed by atoms with E-state index in [1.165, 1.54) is 65.2 Å². The number of halogens is 1. The van der Waals surface area contributed by atoms with Gasteiger partial charge in [0.25, 0.3) is 0 Å². The fraction of sp³-hybridized carbons (Fsp3) is 0.463. The number of Topliss-reactive ketones (excluding diaryl/α,β-unsaturated/α-hetero) is 3. The maximum Gasteiger partial charge on any atom is 0.243 e. The van der Waals surface area contributed by atoms with Crippen molar-refractivity contribution in [2.75, 3.05) is 38.2 Å². The molecule has 10 rings (SSSR count). The minimum Gasteiger partial charge on any atom is -0.391 e. The summed E-state index contributed by atoms with van der Waals surface area (Å²) in [6.45, 7) is 2.56. The predicted octanol–water partition coefficient (Wildman–Crippen LogP) is 6.91. The van der Waals surface area contributed by atoms with Crippen molar-refractivity contribution in [1.29, 1.82) is 0 Å². The van der Waals surface area contributed by atoms with Gasteiger partial charge in [-0.1, -0.05) is 128 Å². The molecule has 4 aliphatic rings. The van der Waals surface area contributed by atoms with Gasteiger partial charge in [-0.05, 0) is 166 Å². The highest BCUT2D eigenvalue weighted by molar-refractivity contribution is 7.99. The number of aliphatic hydroxyl groups excluding tert-OH is 1. The highest BCUT2D eigenvalue weighted by Gasteiger charge is 2.42. The summed E-state index contributed by atoms with van der Waals surface area (Å²) in [5.74, 6) is -7.02. The standard InChI is InChI=1S/C82H103FN12O10S/c1-50(96)76-73(99)45-58(38-53-30-34-60(83)35-31-53)71(97)29-11-5-10-27-65(89-74(100)49-106-48-54-39-63-62-25-16-22-55-32-33-56(75(55)62)43-70(63)95(2)47-54)72(98)44-57(23-17-37-87-82(85)86)77(101)91-67(40-51-18-6-3-7-19-51)79(103)92-68(41-52-20-8-4-9-21-52)80(104)93-69(42-59-46-88-64-26-13-12-24-61(59)64)81(105)90-66(78(102)94-76)28-14-15-36-84/h3-4,6-9,12-13,16,18-22,24-26,30-31,33-35,46,50,54,57-58,63,65-70,76,88,96H,5,10-11,14-15,17,23,27-29,32,36-45,47-49,84H2,1-2H3,(H,89,100)(H,90,105)(H,91,101)(H,92,103)(H,93,104)(H,94,102)(H4,85,86,87)/t50-,54-,57-,58-,63-,65-,66+,67+,68+,69-,70-,76+/m1/s1. The lowest BCUT2D eigenvalue weighted by atomic mass is 9.70. The van der Waals surface area contributed by atoms with Gasteiger partial charge >= 0.3 is 0 Å². The molecule has 0 spiro atoms. The van der Waals surface area contributed by atoms with Gasteiger partial charge in [0.1, 0.15) is 41.8 Å². The molecule has 12 atom stereocenters. The number of nitrogens with two attached hydrogens (primary N) is 3. The molecule has 22 nitrogen and oxygen atoms in total. The van der Waals surface area contributed by atoms with Gasteiger partial charge in [0.15, 0.2) is 17.5 Å². The number of aromatic nitrogens is 1. The van der Waals surface area contributed by atoms with Gasteiger partial charge in [-0.15, -0.1) is 0 Å². The van der Waals surface area contributed by atoms with E-state index in [0.29, 0.717) is 78.0 Å². The number of nitrogens with one attached hydrogen (secondary N) is 7. The highest BCUT2D eigenvalue weighted by Crippen LogP contribution is 2.49. The zero-order valence-corrected chi connectivity index (χ0v) is 61.5. The number of hydrogen-bond acceptors (Lipinski definition) is 14. The number of H-pyrrole nitrogens is 1. The summed E-state index contributed by atoms with van der Waals surface area (Å²) < 4.78 is 14.3. The number of benzene rings is 5. The molecule has 2 aliphatic heterocycles. The number of nitrogens with zero attached hydrogens (tertiary/aromatic N) is 2. The monoisotopic (exact) mass is 1470 g/mol. The Bertz CT molecular complexity index is 4090. The number of fused-ring (bicyclic) bond motifs is 3. The van der Waals surface area contributed by atoms with E-state index in [9.17, 15) is 28.7 Å². The summed E-state index contributed by atoms with van der Waals surface area (Å²) in [5, 5.41) is 29.5. The Morgan fingerprint density at radius 1 is 0.660 bits per heavy atom. The molecule has 1 aromatic heterocycles. The van der Waals surface area contributed by atoms with E-state index in [1.54, 1.807) is 66.9 Å². The second-order valence-electron chi connectivity index (χ2n) is 29.1. The largest absolute Gasteiger partial charge is 0.391 e. The number of piperidine rings is 1. The number of unbranched alkanes of at least 4 members (excludes halogenated alkanes) is 1. The second kappa shape index (κ2) is 38.8. The number of likely N-dealkylation sites (tertiary alicyclic amines) is 1. The molecule has 0 bridgehead atoms. The molecule has 0 unspecified atom stereocenters. The number of allylic oxidation sites excluding steroid dienone is 1. The average molecular weight is 1470 g/mol. The quantitative estimate of drug-likeness (QED) is 0.0187. The highest BCUT2D eigenvalue weighted by atomic mass is 32.2. The third-order valence-electron chi connectivity index (χ3n) is 21.2. The van der Waals surface area contributed by atoms with Gasteiger partial charge in [-0.2, -0.15) is 11.8 Å². The van der Waals surface area contributed by atoms with Crippen molar-refractivity contribution >= 4 is 87.0 Å². The number of rotatable bonds is 22. The molecule has 5 aromatic carbocycles.